The minimum Gasteiger partial charge on any atom is -0.211 e. The number of benzene rings is 1. The van der Waals surface area contributed by atoms with Crippen LogP contribution >= 0.6 is 0 Å². The van der Waals surface area contributed by atoms with Gasteiger partial charge in [0.05, 0.1) is 4.90 Å². The van der Waals surface area contributed by atoms with Gasteiger partial charge >= 0.3 is 0 Å². The lowest BCUT2D eigenvalue weighted by Gasteiger charge is -2.09. The summed E-state index contributed by atoms with van der Waals surface area (Å²) in [5.41, 5.74) is 9.64. The SMILES string of the molecule is Cc1ccc(C)c(S(=O)(=O)NCCN=[N+]=[N-])c1. The van der Waals surface area contributed by atoms with E-state index in [-0.39, 0.29) is 18.0 Å². The van der Waals surface area contributed by atoms with E-state index in [0.717, 1.165) is 5.56 Å². The standard InChI is InChI=1S/C10H14N4O2S/c1-8-3-4-9(2)10(7-8)17(15,16)13-6-5-12-14-11/h3-4,7,13H,5-6H2,1-2H3. The topological polar surface area (TPSA) is 94.9 Å². The van der Waals surface area contributed by atoms with E-state index in [1.165, 1.54) is 0 Å². The van der Waals surface area contributed by atoms with E-state index in [4.69, 9.17) is 5.53 Å². The molecule has 0 fully saturated rings. The van der Waals surface area contributed by atoms with Crippen LogP contribution in [0.1, 0.15) is 11.1 Å². The molecule has 0 aliphatic carbocycles. The summed E-state index contributed by atoms with van der Waals surface area (Å²) in [4.78, 5) is 2.81. The fourth-order valence-corrected chi connectivity index (χ4v) is 2.70. The van der Waals surface area contributed by atoms with Crippen molar-refractivity contribution < 1.29 is 8.42 Å². The molecule has 1 N–H and O–H groups in total. The summed E-state index contributed by atoms with van der Waals surface area (Å²) in [5, 5.41) is 3.26. The molecule has 0 atom stereocenters. The van der Waals surface area contributed by atoms with Crippen LogP contribution in [0.25, 0.3) is 10.4 Å². The molecule has 0 aliphatic heterocycles. The van der Waals surface area contributed by atoms with Crippen molar-refractivity contribution in [3.8, 4) is 0 Å². The van der Waals surface area contributed by atoms with Crippen LogP contribution in [0, 0.1) is 13.8 Å². The van der Waals surface area contributed by atoms with Crippen LogP contribution in [0.2, 0.25) is 0 Å². The monoisotopic (exact) mass is 254 g/mol. The number of rotatable bonds is 5. The van der Waals surface area contributed by atoms with Crippen molar-refractivity contribution in [2.45, 2.75) is 18.7 Å². The van der Waals surface area contributed by atoms with Crippen molar-refractivity contribution in [2.24, 2.45) is 5.11 Å². The van der Waals surface area contributed by atoms with Gasteiger partial charge in [-0.05, 0) is 36.6 Å². The maximum Gasteiger partial charge on any atom is 0.240 e. The lowest BCUT2D eigenvalue weighted by atomic mass is 10.2. The molecule has 0 saturated carbocycles. The summed E-state index contributed by atoms with van der Waals surface area (Å²) in [6, 6.07) is 5.23. The third-order valence-electron chi connectivity index (χ3n) is 2.20. The van der Waals surface area contributed by atoms with Crippen molar-refractivity contribution >= 4 is 10.0 Å². The molecule has 0 saturated heterocycles. The lowest BCUT2D eigenvalue weighted by molar-refractivity contribution is 0.581. The molecule has 6 nitrogen and oxygen atoms in total. The first kappa shape index (κ1) is 13.5. The number of azide groups is 1. The van der Waals surface area contributed by atoms with Gasteiger partial charge in [0, 0.05) is 18.0 Å². The number of aryl methyl sites for hydroxylation is 2. The van der Waals surface area contributed by atoms with Crippen LogP contribution < -0.4 is 4.72 Å². The van der Waals surface area contributed by atoms with Crippen LogP contribution in [0.15, 0.2) is 28.2 Å². The van der Waals surface area contributed by atoms with Crippen molar-refractivity contribution in [1.29, 1.82) is 0 Å². The predicted molar refractivity (Wildman–Crippen MR) is 65.1 cm³/mol. The molecular formula is C10H14N4O2S. The molecule has 0 radical (unpaired) electrons. The van der Waals surface area contributed by atoms with Gasteiger partial charge in [-0.3, -0.25) is 0 Å². The van der Waals surface area contributed by atoms with Gasteiger partial charge in [0.1, 0.15) is 0 Å². The molecule has 1 aromatic rings. The van der Waals surface area contributed by atoms with Crippen LogP contribution in [-0.2, 0) is 10.0 Å². The summed E-state index contributed by atoms with van der Waals surface area (Å²) < 4.78 is 26.2. The quantitative estimate of drug-likeness (QED) is 0.376. The number of nitrogens with zero attached hydrogens (tertiary/aromatic N) is 3. The third-order valence-corrected chi connectivity index (χ3v) is 3.80. The maximum atomic E-state index is 11.9. The number of hydrogen-bond acceptors (Lipinski definition) is 3. The first-order valence-corrected chi connectivity index (χ1v) is 6.53. The van der Waals surface area contributed by atoms with Crippen LogP contribution in [0.3, 0.4) is 0 Å². The zero-order chi connectivity index (χ0) is 12.9. The zero-order valence-corrected chi connectivity index (χ0v) is 10.5. The summed E-state index contributed by atoms with van der Waals surface area (Å²) in [6.45, 7) is 3.76. The highest BCUT2D eigenvalue weighted by atomic mass is 32.2. The average Bonchev–Trinajstić information content (AvgIpc) is 2.28. The summed E-state index contributed by atoms with van der Waals surface area (Å²) in [5.74, 6) is 0. The van der Waals surface area contributed by atoms with Gasteiger partial charge in [0.15, 0.2) is 0 Å². The average molecular weight is 254 g/mol. The predicted octanol–water partition coefficient (Wildman–Crippen LogP) is 1.89. The Kier molecular flexibility index (Phi) is 4.51. The minimum absolute atomic E-state index is 0.0970. The van der Waals surface area contributed by atoms with Crippen molar-refractivity contribution in [3.05, 3.63) is 39.8 Å². The van der Waals surface area contributed by atoms with Crippen molar-refractivity contribution in [1.82, 2.24) is 4.72 Å². The molecule has 1 rings (SSSR count). The molecule has 0 aliphatic rings. The molecule has 0 bridgehead atoms. The summed E-state index contributed by atoms with van der Waals surface area (Å²) in [6.07, 6.45) is 0. The van der Waals surface area contributed by atoms with Gasteiger partial charge in [-0.2, -0.15) is 0 Å². The lowest BCUT2D eigenvalue weighted by Crippen LogP contribution is -2.26. The van der Waals surface area contributed by atoms with E-state index in [1.54, 1.807) is 19.1 Å². The molecule has 1 aromatic carbocycles. The highest BCUT2D eigenvalue weighted by molar-refractivity contribution is 7.89. The molecule has 0 amide bonds. The largest absolute Gasteiger partial charge is 0.240 e. The first-order chi connectivity index (χ1) is 7.97. The van der Waals surface area contributed by atoms with Gasteiger partial charge < -0.3 is 0 Å². The van der Waals surface area contributed by atoms with E-state index in [1.807, 2.05) is 13.0 Å². The van der Waals surface area contributed by atoms with Crippen LogP contribution in [0.4, 0.5) is 0 Å². The second-order valence-corrected chi connectivity index (χ2v) is 5.36. The molecule has 0 aromatic heterocycles. The van der Waals surface area contributed by atoms with E-state index >= 15 is 0 Å². The highest BCUT2D eigenvalue weighted by Gasteiger charge is 2.15. The third kappa shape index (κ3) is 3.74. The Morgan fingerprint density at radius 3 is 2.76 bits per heavy atom. The Hall–Kier alpha value is -1.56. The van der Waals surface area contributed by atoms with Crippen molar-refractivity contribution in [2.75, 3.05) is 13.1 Å². The Labute approximate surface area is 100 Å². The van der Waals surface area contributed by atoms with Crippen molar-refractivity contribution in [3.63, 3.8) is 0 Å². The summed E-state index contributed by atoms with van der Waals surface area (Å²) in [7, 11) is -3.53. The Balaban J connectivity index is 2.89. The molecule has 92 valence electrons. The first-order valence-electron chi connectivity index (χ1n) is 5.05. The van der Waals surface area contributed by atoms with Gasteiger partial charge in [0.25, 0.3) is 0 Å². The number of nitrogens with one attached hydrogen (secondary N) is 1. The molecule has 0 unspecified atom stereocenters. The highest BCUT2D eigenvalue weighted by Crippen LogP contribution is 2.16. The smallest absolute Gasteiger partial charge is 0.211 e. The van der Waals surface area contributed by atoms with E-state index in [2.05, 4.69) is 14.7 Å². The van der Waals surface area contributed by atoms with Gasteiger partial charge in [-0.25, -0.2) is 13.1 Å². The Morgan fingerprint density at radius 2 is 2.12 bits per heavy atom. The fourth-order valence-electron chi connectivity index (χ4n) is 1.35. The zero-order valence-electron chi connectivity index (χ0n) is 9.71. The molecular weight excluding hydrogens is 240 g/mol. The maximum absolute atomic E-state index is 11.9. The van der Waals surface area contributed by atoms with E-state index < -0.39 is 10.0 Å². The second kappa shape index (κ2) is 5.67. The van der Waals surface area contributed by atoms with Crippen LogP contribution in [0.5, 0.6) is 0 Å². The Bertz CT molecular complexity index is 547. The van der Waals surface area contributed by atoms with Gasteiger partial charge in [-0.15, -0.1) is 0 Å². The molecule has 17 heavy (non-hydrogen) atoms. The normalized spacial score (nSPS) is 10.9. The van der Waals surface area contributed by atoms with E-state index in [9.17, 15) is 8.42 Å². The van der Waals surface area contributed by atoms with Gasteiger partial charge in [-0.1, -0.05) is 17.2 Å². The van der Waals surface area contributed by atoms with Crippen LogP contribution in [-0.4, -0.2) is 21.5 Å². The Morgan fingerprint density at radius 1 is 1.41 bits per heavy atom. The second-order valence-electron chi connectivity index (χ2n) is 3.62. The molecule has 0 spiro atoms. The van der Waals surface area contributed by atoms with E-state index in [0.29, 0.717) is 5.56 Å². The molecule has 0 heterocycles. The fraction of sp³-hybridized carbons (Fsp3) is 0.400. The minimum atomic E-state index is -3.53. The number of hydrogen-bond donors (Lipinski definition) is 1. The van der Waals surface area contributed by atoms with Gasteiger partial charge in [0.2, 0.25) is 10.0 Å². The summed E-state index contributed by atoms with van der Waals surface area (Å²) >= 11 is 0. The molecule has 7 heteroatoms. The number of sulfonamides is 1.